The van der Waals surface area contributed by atoms with Gasteiger partial charge in [0.25, 0.3) is 5.56 Å². The number of carbonyl (C=O) groups excluding carboxylic acids is 1. The number of nitrogens with zero attached hydrogens (tertiary/aromatic N) is 2. The number of halogens is 1. The van der Waals surface area contributed by atoms with E-state index in [1.807, 2.05) is 22.6 Å². The van der Waals surface area contributed by atoms with Gasteiger partial charge in [-0.15, -0.1) is 0 Å². The van der Waals surface area contributed by atoms with Crippen LogP contribution in [0.2, 0.25) is 0 Å². The molecular formula is C14H14IN3O3. The van der Waals surface area contributed by atoms with Crippen LogP contribution >= 0.6 is 22.6 Å². The van der Waals surface area contributed by atoms with E-state index in [0.717, 1.165) is 0 Å². The fourth-order valence-electron chi connectivity index (χ4n) is 1.69. The molecule has 0 fully saturated rings. The van der Waals surface area contributed by atoms with Crippen LogP contribution in [0.3, 0.4) is 0 Å². The second-order valence-electron chi connectivity index (χ2n) is 4.35. The predicted molar refractivity (Wildman–Crippen MR) is 87.6 cm³/mol. The summed E-state index contributed by atoms with van der Waals surface area (Å²) in [4.78, 5) is 28.0. The van der Waals surface area contributed by atoms with E-state index in [9.17, 15) is 9.59 Å². The summed E-state index contributed by atoms with van der Waals surface area (Å²) in [5.74, 6) is 0.422. The molecule has 0 aliphatic heterocycles. The molecule has 2 aromatic rings. The molecule has 0 aliphatic rings. The first kappa shape index (κ1) is 15.5. The van der Waals surface area contributed by atoms with Gasteiger partial charge in [-0.1, -0.05) is 0 Å². The van der Waals surface area contributed by atoms with Crippen molar-refractivity contribution >= 4 is 34.2 Å². The molecule has 1 heterocycles. The number of methoxy groups -OCH3 is 1. The zero-order valence-corrected chi connectivity index (χ0v) is 13.7. The number of ether oxygens (including phenoxy) is 1. The summed E-state index contributed by atoms with van der Waals surface area (Å²) in [6.45, 7) is 1.68. The standard InChI is InChI=1S/C14H14IN3O3/c1-9-13(15)14(20)18(8-16-9)7-12(19)17-10-3-5-11(21-2)6-4-10/h3-6,8H,7H2,1-2H3,(H,17,19). The van der Waals surface area contributed by atoms with E-state index in [1.54, 1.807) is 38.3 Å². The molecule has 0 saturated carbocycles. The Bertz CT molecular complexity index is 710. The maximum absolute atomic E-state index is 12.0. The average molecular weight is 399 g/mol. The van der Waals surface area contributed by atoms with E-state index in [1.165, 1.54) is 10.9 Å². The number of rotatable bonds is 4. The molecule has 2 rings (SSSR count). The van der Waals surface area contributed by atoms with Crippen molar-refractivity contribution in [3.8, 4) is 5.75 Å². The van der Waals surface area contributed by atoms with Crippen molar-refractivity contribution in [1.82, 2.24) is 9.55 Å². The summed E-state index contributed by atoms with van der Waals surface area (Å²) in [6.07, 6.45) is 1.38. The summed E-state index contributed by atoms with van der Waals surface area (Å²) < 4.78 is 6.85. The highest BCUT2D eigenvalue weighted by Crippen LogP contribution is 2.14. The van der Waals surface area contributed by atoms with E-state index in [2.05, 4.69) is 10.3 Å². The molecule has 6 nitrogen and oxygen atoms in total. The highest BCUT2D eigenvalue weighted by molar-refractivity contribution is 14.1. The third-order valence-corrected chi connectivity index (χ3v) is 4.09. The minimum absolute atomic E-state index is 0.0753. The monoisotopic (exact) mass is 399 g/mol. The molecule has 0 unspecified atom stereocenters. The smallest absolute Gasteiger partial charge is 0.267 e. The summed E-state index contributed by atoms with van der Waals surface area (Å²) in [5, 5.41) is 2.72. The maximum Gasteiger partial charge on any atom is 0.267 e. The molecule has 7 heteroatoms. The van der Waals surface area contributed by atoms with Gasteiger partial charge < -0.3 is 10.1 Å². The highest BCUT2D eigenvalue weighted by atomic mass is 127. The molecule has 0 saturated heterocycles. The third-order valence-electron chi connectivity index (χ3n) is 2.84. The molecule has 1 amide bonds. The second-order valence-corrected chi connectivity index (χ2v) is 5.43. The summed E-state index contributed by atoms with van der Waals surface area (Å²) >= 11 is 1.93. The van der Waals surface area contributed by atoms with Crippen LogP contribution in [0.25, 0.3) is 0 Å². The van der Waals surface area contributed by atoms with Crippen LogP contribution in [0.15, 0.2) is 35.4 Å². The first-order chi connectivity index (χ1) is 10.0. The van der Waals surface area contributed by atoms with E-state index in [-0.39, 0.29) is 18.0 Å². The zero-order chi connectivity index (χ0) is 15.4. The van der Waals surface area contributed by atoms with E-state index in [0.29, 0.717) is 20.7 Å². The zero-order valence-electron chi connectivity index (χ0n) is 11.6. The number of amides is 1. The van der Waals surface area contributed by atoms with Gasteiger partial charge in [-0.3, -0.25) is 14.2 Å². The molecule has 1 aromatic carbocycles. The Morgan fingerprint density at radius 2 is 2.05 bits per heavy atom. The largest absolute Gasteiger partial charge is 0.497 e. The lowest BCUT2D eigenvalue weighted by Crippen LogP contribution is -2.29. The van der Waals surface area contributed by atoms with Crippen LogP contribution in [-0.4, -0.2) is 22.6 Å². The van der Waals surface area contributed by atoms with Crippen LogP contribution in [0.5, 0.6) is 5.75 Å². The fraction of sp³-hybridized carbons (Fsp3) is 0.214. The van der Waals surface area contributed by atoms with Crippen molar-refractivity contribution in [1.29, 1.82) is 0 Å². The van der Waals surface area contributed by atoms with Gasteiger partial charge >= 0.3 is 0 Å². The highest BCUT2D eigenvalue weighted by Gasteiger charge is 2.09. The molecule has 110 valence electrons. The normalized spacial score (nSPS) is 10.2. The topological polar surface area (TPSA) is 73.2 Å². The van der Waals surface area contributed by atoms with Gasteiger partial charge in [-0.05, 0) is 53.8 Å². The molecule has 0 atom stereocenters. The van der Waals surface area contributed by atoms with Crippen molar-refractivity contribution in [2.24, 2.45) is 0 Å². The summed E-state index contributed by atoms with van der Waals surface area (Å²) in [7, 11) is 1.58. The first-order valence-electron chi connectivity index (χ1n) is 6.16. The fourth-order valence-corrected chi connectivity index (χ4v) is 2.14. The van der Waals surface area contributed by atoms with Gasteiger partial charge in [0.15, 0.2) is 0 Å². The lowest BCUT2D eigenvalue weighted by atomic mass is 10.3. The minimum Gasteiger partial charge on any atom is -0.497 e. The maximum atomic E-state index is 12.0. The van der Waals surface area contributed by atoms with Crippen LogP contribution in [0.1, 0.15) is 5.69 Å². The Morgan fingerprint density at radius 1 is 1.38 bits per heavy atom. The Hall–Kier alpha value is -1.90. The summed E-state index contributed by atoms with van der Waals surface area (Å²) in [6, 6.07) is 6.96. The van der Waals surface area contributed by atoms with Crippen molar-refractivity contribution in [3.63, 3.8) is 0 Å². The van der Waals surface area contributed by atoms with Crippen LogP contribution in [-0.2, 0) is 11.3 Å². The molecule has 0 bridgehead atoms. The predicted octanol–water partition coefficient (Wildman–Crippen LogP) is 1.80. The Morgan fingerprint density at radius 3 is 2.67 bits per heavy atom. The number of aromatic nitrogens is 2. The lowest BCUT2D eigenvalue weighted by molar-refractivity contribution is -0.116. The van der Waals surface area contributed by atoms with Gasteiger partial charge in [-0.25, -0.2) is 4.98 Å². The van der Waals surface area contributed by atoms with Crippen molar-refractivity contribution in [2.45, 2.75) is 13.5 Å². The van der Waals surface area contributed by atoms with Gasteiger partial charge in [0.1, 0.15) is 12.3 Å². The number of hydrogen-bond acceptors (Lipinski definition) is 4. The van der Waals surface area contributed by atoms with Crippen LogP contribution < -0.4 is 15.6 Å². The van der Waals surface area contributed by atoms with E-state index in [4.69, 9.17) is 4.74 Å². The summed E-state index contributed by atoms with van der Waals surface area (Å²) in [5.41, 5.74) is 1.09. The van der Waals surface area contributed by atoms with E-state index >= 15 is 0 Å². The van der Waals surface area contributed by atoms with Crippen molar-refractivity contribution in [3.05, 3.63) is 50.2 Å². The minimum atomic E-state index is -0.288. The molecule has 21 heavy (non-hydrogen) atoms. The molecule has 1 N–H and O–H groups in total. The lowest BCUT2D eigenvalue weighted by Gasteiger charge is -2.08. The SMILES string of the molecule is COc1ccc(NC(=O)Cn2cnc(C)c(I)c2=O)cc1. The Labute approximate surface area is 135 Å². The van der Waals surface area contributed by atoms with Gasteiger partial charge in [-0.2, -0.15) is 0 Å². The molecular weight excluding hydrogens is 385 g/mol. The second kappa shape index (κ2) is 6.70. The average Bonchev–Trinajstić information content (AvgIpc) is 2.49. The van der Waals surface area contributed by atoms with E-state index < -0.39 is 0 Å². The molecule has 0 aliphatic carbocycles. The molecule has 0 spiro atoms. The quantitative estimate of drug-likeness (QED) is 0.797. The van der Waals surface area contributed by atoms with Crippen molar-refractivity contribution in [2.75, 3.05) is 12.4 Å². The number of nitrogens with one attached hydrogen (secondary N) is 1. The number of hydrogen-bond donors (Lipinski definition) is 1. The molecule has 1 aromatic heterocycles. The number of aryl methyl sites for hydroxylation is 1. The van der Waals surface area contributed by atoms with Crippen LogP contribution in [0.4, 0.5) is 5.69 Å². The van der Waals surface area contributed by atoms with Gasteiger partial charge in [0, 0.05) is 5.69 Å². The third kappa shape index (κ3) is 3.81. The molecule has 0 radical (unpaired) electrons. The van der Waals surface area contributed by atoms with Crippen molar-refractivity contribution < 1.29 is 9.53 Å². The number of benzene rings is 1. The first-order valence-corrected chi connectivity index (χ1v) is 7.24. The van der Waals surface area contributed by atoms with Crippen LogP contribution in [0, 0.1) is 10.5 Å². The number of anilines is 1. The number of carbonyl (C=O) groups is 1. The Balaban J connectivity index is 2.08. The Kier molecular flexibility index (Phi) is 4.94. The van der Waals surface area contributed by atoms with Gasteiger partial charge in [0.05, 0.1) is 22.7 Å². The van der Waals surface area contributed by atoms with Gasteiger partial charge in [0.2, 0.25) is 5.91 Å².